The van der Waals surface area contributed by atoms with E-state index in [-0.39, 0.29) is 12.0 Å². The summed E-state index contributed by atoms with van der Waals surface area (Å²) in [7, 11) is 1.36. The van der Waals surface area contributed by atoms with Gasteiger partial charge in [-0.15, -0.1) is 0 Å². The van der Waals surface area contributed by atoms with Crippen LogP contribution < -0.4 is 5.32 Å². The number of esters is 1. The number of hydrogen-bond acceptors (Lipinski definition) is 4. The third-order valence-electron chi connectivity index (χ3n) is 6.28. The molecule has 2 atom stereocenters. The predicted molar refractivity (Wildman–Crippen MR) is 108 cm³/mol. The maximum atomic E-state index is 12.8. The largest absolute Gasteiger partial charge is 0.467 e. The van der Waals surface area contributed by atoms with Crippen molar-refractivity contribution in [2.24, 2.45) is 5.41 Å². The summed E-state index contributed by atoms with van der Waals surface area (Å²) in [6, 6.07) is 6.14. The van der Waals surface area contributed by atoms with Gasteiger partial charge in [0.15, 0.2) is 0 Å². The lowest BCUT2D eigenvalue weighted by Crippen LogP contribution is -2.76. The Balaban J connectivity index is 1.71. The Morgan fingerprint density at radius 1 is 1.32 bits per heavy atom. The van der Waals surface area contributed by atoms with E-state index >= 15 is 0 Å². The van der Waals surface area contributed by atoms with Crippen LogP contribution in [0.5, 0.6) is 0 Å². The van der Waals surface area contributed by atoms with Crippen LogP contribution >= 0.6 is 0 Å². The maximum absolute atomic E-state index is 12.8. The van der Waals surface area contributed by atoms with Gasteiger partial charge in [0.05, 0.1) is 13.2 Å². The topological polar surface area (TPSA) is 80.4 Å². The number of hydrogen-bond donors (Lipinski definition) is 2. The van der Waals surface area contributed by atoms with E-state index in [1.165, 1.54) is 12.7 Å². The van der Waals surface area contributed by atoms with E-state index in [4.69, 9.17) is 9.47 Å². The van der Waals surface area contributed by atoms with Crippen molar-refractivity contribution in [2.75, 3.05) is 13.7 Å². The van der Waals surface area contributed by atoms with Crippen molar-refractivity contribution in [2.45, 2.75) is 58.6 Å². The summed E-state index contributed by atoms with van der Waals surface area (Å²) < 4.78 is 10.8. The molecule has 1 amide bonds. The third-order valence-corrected chi connectivity index (χ3v) is 6.28. The Morgan fingerprint density at radius 2 is 2.07 bits per heavy atom. The van der Waals surface area contributed by atoms with Crippen LogP contribution in [-0.4, -0.2) is 42.2 Å². The number of benzene rings is 1. The highest BCUT2D eigenvalue weighted by Crippen LogP contribution is 2.52. The number of ether oxygens (including phenoxy) is 2. The minimum Gasteiger partial charge on any atom is -0.467 e. The first kappa shape index (κ1) is 20.4. The van der Waals surface area contributed by atoms with Crippen LogP contribution in [0.2, 0.25) is 0 Å². The molecule has 0 radical (unpaired) electrons. The highest BCUT2D eigenvalue weighted by molar-refractivity contribution is 5.91. The molecule has 1 aromatic heterocycles. The molecule has 2 N–H and O–H groups in total. The van der Waals surface area contributed by atoms with Crippen LogP contribution in [0.4, 0.5) is 0 Å². The fraction of sp³-hybridized carbons (Fsp3) is 0.545. The number of para-hydroxylation sites is 1. The van der Waals surface area contributed by atoms with E-state index < -0.39 is 16.9 Å². The second kappa shape index (κ2) is 7.59. The van der Waals surface area contributed by atoms with Crippen LogP contribution in [0.3, 0.4) is 0 Å². The lowest BCUT2D eigenvalue weighted by Gasteiger charge is -2.58. The number of carbonyl (C=O) groups excluding carboxylic acids is 2. The first-order chi connectivity index (χ1) is 13.3. The van der Waals surface area contributed by atoms with E-state index in [1.807, 2.05) is 33.0 Å². The van der Waals surface area contributed by atoms with Gasteiger partial charge >= 0.3 is 5.97 Å². The smallest absolute Gasteiger partial charge is 0.332 e. The number of carbonyl (C=O) groups is 2. The van der Waals surface area contributed by atoms with Gasteiger partial charge in [0.2, 0.25) is 5.91 Å². The SMILES string of the molecule is CCO[C@H]1C[C@](NC(=O)CCc2c[nH]c3c(C)cccc23)(C(=O)OC)C1(C)C. The van der Waals surface area contributed by atoms with Gasteiger partial charge in [-0.1, -0.05) is 32.0 Å². The summed E-state index contributed by atoms with van der Waals surface area (Å²) in [5, 5.41) is 4.11. The molecule has 1 aromatic carbocycles. The number of amides is 1. The molecule has 28 heavy (non-hydrogen) atoms. The number of H-pyrrole nitrogens is 1. The normalized spacial score (nSPS) is 23.2. The highest BCUT2D eigenvalue weighted by Gasteiger charge is 2.66. The average molecular weight is 386 g/mol. The number of aromatic amines is 1. The van der Waals surface area contributed by atoms with Crippen LogP contribution in [-0.2, 0) is 25.5 Å². The van der Waals surface area contributed by atoms with E-state index in [9.17, 15) is 9.59 Å². The Morgan fingerprint density at radius 3 is 2.71 bits per heavy atom. The fourth-order valence-corrected chi connectivity index (χ4v) is 4.31. The van der Waals surface area contributed by atoms with Gasteiger partial charge in [0.25, 0.3) is 0 Å². The van der Waals surface area contributed by atoms with E-state index in [2.05, 4.69) is 29.4 Å². The molecule has 1 saturated carbocycles. The van der Waals surface area contributed by atoms with Gasteiger partial charge in [0.1, 0.15) is 5.54 Å². The van der Waals surface area contributed by atoms with Crippen molar-refractivity contribution in [1.82, 2.24) is 10.3 Å². The molecule has 0 saturated heterocycles. The summed E-state index contributed by atoms with van der Waals surface area (Å²) in [5.74, 6) is -0.569. The van der Waals surface area contributed by atoms with Crippen molar-refractivity contribution >= 4 is 22.8 Å². The van der Waals surface area contributed by atoms with E-state index in [0.29, 0.717) is 25.9 Å². The van der Waals surface area contributed by atoms with Gasteiger partial charge in [-0.25, -0.2) is 4.79 Å². The number of rotatable bonds is 7. The Hall–Kier alpha value is -2.34. The molecule has 1 fully saturated rings. The molecule has 1 aliphatic rings. The number of nitrogens with one attached hydrogen (secondary N) is 2. The molecule has 2 aromatic rings. The lowest BCUT2D eigenvalue weighted by molar-refractivity contribution is -0.197. The minimum absolute atomic E-state index is 0.0894. The molecule has 1 aliphatic carbocycles. The Bertz CT molecular complexity index is 886. The van der Waals surface area contributed by atoms with Gasteiger partial charge in [-0.3, -0.25) is 4.79 Å². The summed E-state index contributed by atoms with van der Waals surface area (Å²) in [5.41, 5.74) is 1.79. The van der Waals surface area contributed by atoms with Gasteiger partial charge in [-0.2, -0.15) is 0 Å². The van der Waals surface area contributed by atoms with Crippen LogP contribution in [0.15, 0.2) is 24.4 Å². The third kappa shape index (κ3) is 3.20. The average Bonchev–Trinajstić information content (AvgIpc) is 3.09. The Labute approximate surface area is 166 Å². The first-order valence-electron chi connectivity index (χ1n) is 9.83. The zero-order valence-electron chi connectivity index (χ0n) is 17.3. The lowest BCUT2D eigenvalue weighted by atomic mass is 9.54. The maximum Gasteiger partial charge on any atom is 0.332 e. The first-order valence-corrected chi connectivity index (χ1v) is 9.83. The number of fused-ring (bicyclic) bond motifs is 1. The molecule has 152 valence electrons. The van der Waals surface area contributed by atoms with Crippen LogP contribution in [0, 0.1) is 12.3 Å². The standard InChI is InChI=1S/C22H30N2O4/c1-6-28-17-12-22(20(26)27-5,21(17,3)4)24-18(25)11-10-15-13-23-19-14(2)8-7-9-16(15)19/h7-9,13,17,23H,6,10-12H2,1-5H3,(H,24,25)/t17-,22-/m0/s1. The van der Waals surface area contributed by atoms with Gasteiger partial charge in [0, 0.05) is 42.0 Å². The van der Waals surface area contributed by atoms with Gasteiger partial charge in [-0.05, 0) is 31.4 Å². The highest BCUT2D eigenvalue weighted by atomic mass is 16.5. The monoisotopic (exact) mass is 386 g/mol. The summed E-state index contributed by atoms with van der Waals surface area (Å²) in [6.07, 6.45) is 3.20. The van der Waals surface area contributed by atoms with Crippen molar-refractivity contribution in [1.29, 1.82) is 0 Å². The summed E-state index contributed by atoms with van der Waals surface area (Å²) in [4.78, 5) is 28.6. The molecule has 6 heteroatoms. The van der Waals surface area contributed by atoms with Crippen LogP contribution in [0.25, 0.3) is 10.9 Å². The van der Waals surface area contributed by atoms with E-state index in [0.717, 1.165) is 16.5 Å². The Kier molecular flexibility index (Phi) is 5.53. The molecule has 0 unspecified atom stereocenters. The molecule has 0 aliphatic heterocycles. The second-order valence-electron chi connectivity index (χ2n) is 8.13. The minimum atomic E-state index is -1.05. The molecular formula is C22H30N2O4. The molecule has 6 nitrogen and oxygen atoms in total. The summed E-state index contributed by atoms with van der Waals surface area (Å²) in [6.45, 7) is 8.44. The second-order valence-corrected chi connectivity index (χ2v) is 8.13. The molecule has 0 bridgehead atoms. The van der Waals surface area contributed by atoms with Crippen molar-refractivity contribution < 1.29 is 19.1 Å². The molecule has 3 rings (SSSR count). The zero-order valence-corrected chi connectivity index (χ0v) is 17.3. The molecule has 1 heterocycles. The van der Waals surface area contributed by atoms with Crippen LogP contribution in [0.1, 0.15) is 44.7 Å². The zero-order chi connectivity index (χ0) is 20.5. The fourth-order valence-electron chi connectivity index (χ4n) is 4.31. The molecular weight excluding hydrogens is 356 g/mol. The quantitative estimate of drug-likeness (QED) is 0.716. The number of methoxy groups -OCH3 is 1. The number of aromatic nitrogens is 1. The number of aryl methyl sites for hydroxylation is 2. The van der Waals surface area contributed by atoms with E-state index in [1.54, 1.807) is 0 Å². The van der Waals surface area contributed by atoms with Crippen molar-refractivity contribution in [3.8, 4) is 0 Å². The van der Waals surface area contributed by atoms with Gasteiger partial charge < -0.3 is 19.8 Å². The summed E-state index contributed by atoms with van der Waals surface area (Å²) >= 11 is 0. The van der Waals surface area contributed by atoms with Crippen molar-refractivity contribution in [3.63, 3.8) is 0 Å². The predicted octanol–water partition coefficient (Wildman–Crippen LogP) is 3.27. The molecule has 0 spiro atoms. The van der Waals surface area contributed by atoms with Crippen molar-refractivity contribution in [3.05, 3.63) is 35.5 Å².